The Balaban J connectivity index is 1.68. The van der Waals surface area contributed by atoms with Crippen molar-refractivity contribution in [3.8, 4) is 5.75 Å². The normalized spacial score (nSPS) is 15.2. The number of hydrogen-bond acceptors (Lipinski definition) is 9. The van der Waals surface area contributed by atoms with Crippen LogP contribution in [-0.2, 0) is 9.36 Å². The van der Waals surface area contributed by atoms with Crippen molar-refractivity contribution in [3.63, 3.8) is 0 Å². The van der Waals surface area contributed by atoms with Crippen LogP contribution in [0.25, 0.3) is 0 Å². The lowest BCUT2D eigenvalue weighted by Crippen LogP contribution is -2.31. The largest absolute Gasteiger partial charge is 0.494 e. The minimum absolute atomic E-state index is 0.251. The van der Waals surface area contributed by atoms with E-state index < -0.39 is 7.14 Å². The van der Waals surface area contributed by atoms with Gasteiger partial charge in [0.1, 0.15) is 17.9 Å². The van der Waals surface area contributed by atoms with Crippen LogP contribution in [0.2, 0.25) is 5.02 Å². The standard InChI is InChI=1S/C28H35ClN7O3P/c1-7-26(37)31-21-14-22(24(39-4)15-23(21)36-13-12-18(17-36)35(2)3)33-28-30-16-19(29)27(34-28)32-20-10-8-9-11-25(20)40(5,6)38/h7-11,14-16,18H,1,12-13,17H2,2-6H3,(H,31,37)(H2,30,32,33,34)/t18-/m0/s1. The molecule has 1 aliphatic heterocycles. The summed E-state index contributed by atoms with van der Waals surface area (Å²) >= 11 is 6.43. The zero-order valence-corrected chi connectivity index (χ0v) is 25.0. The highest BCUT2D eigenvalue weighted by Gasteiger charge is 2.27. The highest BCUT2D eigenvalue weighted by molar-refractivity contribution is 7.70. The summed E-state index contributed by atoms with van der Waals surface area (Å²) in [6.07, 6.45) is 3.72. The van der Waals surface area contributed by atoms with E-state index in [1.54, 1.807) is 26.5 Å². The number of methoxy groups -OCH3 is 1. The number of amides is 1. The zero-order valence-electron chi connectivity index (χ0n) is 23.4. The molecule has 1 atom stereocenters. The van der Waals surface area contributed by atoms with Crippen LogP contribution in [0.1, 0.15) is 6.42 Å². The van der Waals surface area contributed by atoms with Gasteiger partial charge in [-0.1, -0.05) is 30.3 Å². The minimum Gasteiger partial charge on any atom is -0.494 e. The van der Waals surface area contributed by atoms with Gasteiger partial charge in [0.05, 0.1) is 36.1 Å². The number of rotatable bonds is 10. The number of carbonyl (C=O) groups is 1. The lowest BCUT2D eigenvalue weighted by molar-refractivity contribution is -0.111. The van der Waals surface area contributed by atoms with E-state index in [0.717, 1.165) is 25.2 Å². The fourth-order valence-electron chi connectivity index (χ4n) is 4.58. The molecule has 0 aliphatic carbocycles. The molecule has 0 unspecified atom stereocenters. The van der Waals surface area contributed by atoms with Gasteiger partial charge in [0.25, 0.3) is 0 Å². The van der Waals surface area contributed by atoms with Crippen LogP contribution >= 0.6 is 18.7 Å². The quantitative estimate of drug-likeness (QED) is 0.221. The first-order valence-electron chi connectivity index (χ1n) is 12.8. The number of benzene rings is 2. The van der Waals surface area contributed by atoms with Crippen LogP contribution in [0.5, 0.6) is 5.75 Å². The Bertz CT molecular complexity index is 1460. The Morgan fingerprint density at radius 2 is 1.95 bits per heavy atom. The highest BCUT2D eigenvalue weighted by atomic mass is 35.5. The zero-order chi connectivity index (χ0) is 29.0. The molecule has 1 fully saturated rings. The molecule has 1 amide bonds. The number of para-hydroxylation sites is 1. The first-order valence-corrected chi connectivity index (χ1v) is 15.8. The van der Waals surface area contributed by atoms with Gasteiger partial charge in [-0.2, -0.15) is 4.98 Å². The average Bonchev–Trinajstić information content (AvgIpc) is 3.41. The molecular formula is C28H35ClN7O3P. The summed E-state index contributed by atoms with van der Waals surface area (Å²) < 4.78 is 18.5. The predicted octanol–water partition coefficient (Wildman–Crippen LogP) is 5.14. The molecule has 0 saturated carbocycles. The Labute approximate surface area is 240 Å². The number of aromatic nitrogens is 2. The summed E-state index contributed by atoms with van der Waals surface area (Å²) in [6.45, 7) is 8.67. The SMILES string of the molecule is C=CC(=O)Nc1cc(Nc2ncc(Cl)c(Nc3ccccc3P(C)(C)=O)n2)c(OC)cc1N1CC[C@H](N(C)C)C1. The van der Waals surface area contributed by atoms with Crippen molar-refractivity contribution in [1.82, 2.24) is 14.9 Å². The molecule has 2 aromatic carbocycles. The molecule has 10 nitrogen and oxygen atoms in total. The Morgan fingerprint density at radius 1 is 1.20 bits per heavy atom. The second-order valence-corrected chi connectivity index (χ2v) is 13.7. The van der Waals surface area contributed by atoms with Gasteiger partial charge in [-0.3, -0.25) is 4.79 Å². The molecule has 0 radical (unpaired) electrons. The lowest BCUT2D eigenvalue weighted by Gasteiger charge is -2.25. The number of likely N-dealkylation sites (N-methyl/N-ethyl adjacent to an activating group) is 1. The van der Waals surface area contributed by atoms with Crippen LogP contribution in [0.3, 0.4) is 0 Å². The smallest absolute Gasteiger partial charge is 0.247 e. The van der Waals surface area contributed by atoms with Gasteiger partial charge in [0.15, 0.2) is 5.82 Å². The van der Waals surface area contributed by atoms with E-state index in [1.807, 2.05) is 30.3 Å². The average molecular weight is 584 g/mol. The van der Waals surface area contributed by atoms with E-state index in [-0.39, 0.29) is 11.9 Å². The maximum Gasteiger partial charge on any atom is 0.247 e. The van der Waals surface area contributed by atoms with Crippen molar-refractivity contribution in [2.45, 2.75) is 12.5 Å². The van der Waals surface area contributed by atoms with Crippen molar-refractivity contribution >= 4 is 64.5 Å². The van der Waals surface area contributed by atoms with E-state index in [4.69, 9.17) is 16.3 Å². The summed E-state index contributed by atoms with van der Waals surface area (Å²) in [5.41, 5.74) is 2.66. The third kappa shape index (κ3) is 6.75. The monoisotopic (exact) mass is 583 g/mol. The van der Waals surface area contributed by atoms with Gasteiger partial charge >= 0.3 is 0 Å². The van der Waals surface area contributed by atoms with E-state index >= 15 is 0 Å². The maximum absolute atomic E-state index is 12.8. The molecule has 40 heavy (non-hydrogen) atoms. The lowest BCUT2D eigenvalue weighted by atomic mass is 10.2. The van der Waals surface area contributed by atoms with Gasteiger partial charge < -0.3 is 35.1 Å². The Hall–Kier alpha value is -3.59. The van der Waals surface area contributed by atoms with E-state index in [0.29, 0.717) is 45.0 Å². The van der Waals surface area contributed by atoms with Gasteiger partial charge in [-0.15, -0.1) is 0 Å². The van der Waals surface area contributed by atoms with Gasteiger partial charge in [-0.25, -0.2) is 4.98 Å². The van der Waals surface area contributed by atoms with E-state index in [2.05, 4.69) is 56.4 Å². The molecule has 12 heteroatoms. The van der Waals surface area contributed by atoms with Gasteiger partial charge in [0.2, 0.25) is 11.9 Å². The topological polar surface area (TPSA) is 112 Å². The van der Waals surface area contributed by atoms with Gasteiger partial charge in [-0.05, 0) is 58.1 Å². The third-order valence-electron chi connectivity index (χ3n) is 6.72. The second kappa shape index (κ2) is 12.3. The minimum atomic E-state index is -2.56. The summed E-state index contributed by atoms with van der Waals surface area (Å²) in [7, 11) is 3.16. The van der Waals surface area contributed by atoms with Crippen LogP contribution in [0, 0.1) is 0 Å². The summed E-state index contributed by atoms with van der Waals surface area (Å²) in [4.78, 5) is 25.7. The number of hydrogen-bond donors (Lipinski definition) is 3. The summed E-state index contributed by atoms with van der Waals surface area (Å²) in [6, 6.07) is 11.4. The van der Waals surface area contributed by atoms with Crippen molar-refractivity contribution in [2.75, 3.05) is 68.5 Å². The fourth-order valence-corrected chi connectivity index (χ4v) is 5.87. The predicted molar refractivity (Wildman–Crippen MR) is 165 cm³/mol. The molecule has 2 heterocycles. The molecule has 0 spiro atoms. The molecule has 3 aromatic rings. The Kier molecular flexibility index (Phi) is 9.03. The first-order chi connectivity index (χ1) is 19.0. The van der Waals surface area contributed by atoms with Crippen LogP contribution in [0.4, 0.5) is 34.5 Å². The molecule has 1 aliphatic rings. The van der Waals surface area contributed by atoms with E-state index in [9.17, 15) is 9.36 Å². The van der Waals surface area contributed by atoms with Crippen molar-refractivity contribution < 1.29 is 14.1 Å². The molecule has 212 valence electrons. The van der Waals surface area contributed by atoms with Gasteiger partial charge in [0, 0.05) is 30.5 Å². The van der Waals surface area contributed by atoms with Crippen molar-refractivity contribution in [1.29, 1.82) is 0 Å². The molecule has 1 aromatic heterocycles. The van der Waals surface area contributed by atoms with Crippen molar-refractivity contribution in [2.24, 2.45) is 0 Å². The highest BCUT2D eigenvalue weighted by Crippen LogP contribution is 2.41. The molecule has 3 N–H and O–H groups in total. The number of nitrogens with zero attached hydrogens (tertiary/aromatic N) is 4. The number of ether oxygens (including phenoxy) is 1. The number of halogens is 1. The first kappa shape index (κ1) is 29.4. The number of anilines is 6. The van der Waals surface area contributed by atoms with Crippen LogP contribution < -0.4 is 30.9 Å². The molecule has 1 saturated heterocycles. The van der Waals surface area contributed by atoms with E-state index in [1.165, 1.54) is 12.3 Å². The number of nitrogens with one attached hydrogen (secondary N) is 3. The second-order valence-electron chi connectivity index (χ2n) is 10.1. The molecular weight excluding hydrogens is 549 g/mol. The Morgan fingerprint density at radius 3 is 2.60 bits per heavy atom. The summed E-state index contributed by atoms with van der Waals surface area (Å²) in [5.74, 6) is 0.832. The summed E-state index contributed by atoms with van der Waals surface area (Å²) in [5, 5.41) is 10.3. The number of carbonyl (C=O) groups excluding carboxylic acids is 1. The van der Waals surface area contributed by atoms with Crippen molar-refractivity contribution in [3.05, 3.63) is 60.3 Å². The third-order valence-corrected chi connectivity index (χ3v) is 8.55. The molecule has 0 bridgehead atoms. The van der Waals surface area contributed by atoms with Crippen LogP contribution in [-0.4, -0.2) is 74.4 Å². The molecule has 4 rings (SSSR count). The maximum atomic E-state index is 12.8. The van der Waals surface area contributed by atoms with Crippen LogP contribution in [0.15, 0.2) is 55.3 Å². The fraction of sp³-hybridized carbons (Fsp3) is 0.321.